The van der Waals surface area contributed by atoms with Gasteiger partial charge < -0.3 is 4.90 Å². The summed E-state index contributed by atoms with van der Waals surface area (Å²) in [6, 6.07) is 7.95. The van der Waals surface area contributed by atoms with Crippen molar-refractivity contribution in [3.8, 4) is 0 Å². The fourth-order valence-electron chi connectivity index (χ4n) is 1.87. The van der Waals surface area contributed by atoms with Crippen molar-refractivity contribution in [2.45, 2.75) is 26.2 Å². The highest BCUT2D eigenvalue weighted by Gasteiger charge is 2.25. The summed E-state index contributed by atoms with van der Waals surface area (Å²) in [5.41, 5.74) is 2.08. The third kappa shape index (κ3) is 2.63. The second-order valence-electron chi connectivity index (χ2n) is 4.68. The van der Waals surface area contributed by atoms with Crippen molar-refractivity contribution in [1.82, 2.24) is 4.90 Å². The van der Waals surface area contributed by atoms with E-state index in [0.717, 1.165) is 24.4 Å². The van der Waals surface area contributed by atoms with E-state index in [9.17, 15) is 4.79 Å². The number of hydrogen-bond acceptors (Lipinski definition) is 1. The molecule has 0 unspecified atom stereocenters. The molecule has 1 aromatic rings. The maximum Gasteiger partial charge on any atom is 0.253 e. The molecule has 2 nitrogen and oxygen atoms in total. The first-order valence-electron chi connectivity index (χ1n) is 6.05. The van der Waals surface area contributed by atoms with Crippen molar-refractivity contribution in [3.05, 3.63) is 35.4 Å². The van der Waals surface area contributed by atoms with Crippen LogP contribution in [0.2, 0.25) is 0 Å². The molecule has 0 N–H and O–H groups in total. The fraction of sp³-hybridized carbons (Fsp3) is 0.500. The van der Waals surface area contributed by atoms with Crippen LogP contribution in [0, 0.1) is 5.92 Å². The topological polar surface area (TPSA) is 20.3 Å². The molecule has 0 radical (unpaired) electrons. The van der Waals surface area contributed by atoms with Crippen LogP contribution >= 0.6 is 0 Å². The lowest BCUT2D eigenvalue weighted by atomic mass is 10.1. The van der Waals surface area contributed by atoms with Crippen molar-refractivity contribution in [2.75, 3.05) is 13.6 Å². The molecule has 2 rings (SSSR count). The van der Waals surface area contributed by atoms with Gasteiger partial charge in [0.15, 0.2) is 0 Å². The molecular weight excluding hydrogens is 198 g/mol. The number of rotatable bonds is 4. The Morgan fingerprint density at radius 2 is 1.94 bits per heavy atom. The van der Waals surface area contributed by atoms with E-state index in [1.165, 1.54) is 18.4 Å². The molecule has 1 aliphatic carbocycles. The number of nitrogens with zero attached hydrogens (tertiary/aromatic N) is 1. The molecule has 0 atom stereocenters. The van der Waals surface area contributed by atoms with Gasteiger partial charge in [0.05, 0.1) is 0 Å². The van der Waals surface area contributed by atoms with E-state index >= 15 is 0 Å². The molecule has 1 fully saturated rings. The lowest BCUT2D eigenvalue weighted by molar-refractivity contribution is 0.0788. The maximum atomic E-state index is 12.0. The predicted molar refractivity (Wildman–Crippen MR) is 65.5 cm³/mol. The Morgan fingerprint density at radius 3 is 2.44 bits per heavy atom. The zero-order valence-electron chi connectivity index (χ0n) is 10.1. The number of hydrogen-bond donors (Lipinski definition) is 0. The summed E-state index contributed by atoms with van der Waals surface area (Å²) in [5, 5.41) is 0. The molecule has 16 heavy (non-hydrogen) atoms. The highest BCUT2D eigenvalue weighted by molar-refractivity contribution is 5.94. The first kappa shape index (κ1) is 11.2. The molecule has 0 spiro atoms. The standard InChI is InChI=1S/C14H19NO/c1-3-11-6-8-13(9-7-11)14(16)15(2)10-12-4-5-12/h6-9,12H,3-5,10H2,1-2H3. The third-order valence-electron chi connectivity index (χ3n) is 3.18. The summed E-state index contributed by atoms with van der Waals surface area (Å²) in [7, 11) is 1.90. The van der Waals surface area contributed by atoms with Crippen LogP contribution in [0.4, 0.5) is 0 Å². The Morgan fingerprint density at radius 1 is 1.31 bits per heavy atom. The second-order valence-corrected chi connectivity index (χ2v) is 4.68. The lowest BCUT2D eigenvalue weighted by Gasteiger charge is -2.16. The molecule has 86 valence electrons. The van der Waals surface area contributed by atoms with Crippen molar-refractivity contribution < 1.29 is 4.79 Å². The Balaban J connectivity index is 2.00. The van der Waals surface area contributed by atoms with E-state index in [0.29, 0.717) is 0 Å². The Hall–Kier alpha value is -1.31. The van der Waals surface area contributed by atoms with E-state index in [1.807, 2.05) is 36.2 Å². The van der Waals surface area contributed by atoms with Gasteiger partial charge in [-0.15, -0.1) is 0 Å². The van der Waals surface area contributed by atoms with E-state index in [2.05, 4.69) is 6.92 Å². The first-order chi connectivity index (χ1) is 7.70. The minimum Gasteiger partial charge on any atom is -0.341 e. The van der Waals surface area contributed by atoms with Crippen molar-refractivity contribution in [1.29, 1.82) is 0 Å². The van der Waals surface area contributed by atoms with Crippen LogP contribution in [0.25, 0.3) is 0 Å². The van der Waals surface area contributed by atoms with Gasteiger partial charge in [0.2, 0.25) is 0 Å². The molecule has 1 saturated carbocycles. The van der Waals surface area contributed by atoms with Gasteiger partial charge in [-0.2, -0.15) is 0 Å². The summed E-state index contributed by atoms with van der Waals surface area (Å²) in [6.07, 6.45) is 3.59. The van der Waals surface area contributed by atoms with E-state index in [-0.39, 0.29) is 5.91 Å². The van der Waals surface area contributed by atoms with Crippen molar-refractivity contribution >= 4 is 5.91 Å². The largest absolute Gasteiger partial charge is 0.341 e. The van der Waals surface area contributed by atoms with Gasteiger partial charge >= 0.3 is 0 Å². The average molecular weight is 217 g/mol. The van der Waals surface area contributed by atoms with Crippen molar-refractivity contribution in [3.63, 3.8) is 0 Å². The fourth-order valence-corrected chi connectivity index (χ4v) is 1.87. The molecule has 0 heterocycles. The predicted octanol–water partition coefficient (Wildman–Crippen LogP) is 2.73. The Bertz CT molecular complexity index is 365. The van der Waals surface area contributed by atoms with Gasteiger partial charge in [-0.05, 0) is 42.9 Å². The van der Waals surface area contributed by atoms with E-state index in [1.54, 1.807) is 0 Å². The number of carbonyl (C=O) groups excluding carboxylic acids is 1. The number of amides is 1. The van der Waals surface area contributed by atoms with Gasteiger partial charge in [-0.25, -0.2) is 0 Å². The van der Waals surface area contributed by atoms with Crippen LogP contribution in [-0.2, 0) is 6.42 Å². The molecule has 0 bridgehead atoms. The van der Waals surface area contributed by atoms with Crippen molar-refractivity contribution in [2.24, 2.45) is 5.92 Å². The Kier molecular flexibility index (Phi) is 3.28. The van der Waals surface area contributed by atoms with Crippen LogP contribution in [0.3, 0.4) is 0 Å². The molecule has 0 aliphatic heterocycles. The average Bonchev–Trinajstić information content (AvgIpc) is 3.12. The number of aryl methyl sites for hydroxylation is 1. The summed E-state index contributed by atoms with van der Waals surface area (Å²) in [5.74, 6) is 0.901. The van der Waals surface area contributed by atoms with E-state index in [4.69, 9.17) is 0 Å². The quantitative estimate of drug-likeness (QED) is 0.759. The SMILES string of the molecule is CCc1ccc(C(=O)N(C)CC2CC2)cc1. The summed E-state index contributed by atoms with van der Waals surface area (Å²) >= 11 is 0. The molecule has 0 saturated heterocycles. The highest BCUT2D eigenvalue weighted by atomic mass is 16.2. The molecule has 2 heteroatoms. The minimum absolute atomic E-state index is 0.148. The Labute approximate surface area is 97.3 Å². The zero-order chi connectivity index (χ0) is 11.5. The normalized spacial score (nSPS) is 14.9. The number of carbonyl (C=O) groups is 1. The minimum atomic E-state index is 0.148. The summed E-state index contributed by atoms with van der Waals surface area (Å²) in [6.45, 7) is 3.03. The molecule has 1 aliphatic rings. The first-order valence-corrected chi connectivity index (χ1v) is 6.05. The second kappa shape index (κ2) is 4.69. The van der Waals surface area contributed by atoms with Crippen LogP contribution < -0.4 is 0 Å². The highest BCUT2D eigenvalue weighted by Crippen LogP contribution is 2.29. The van der Waals surface area contributed by atoms with Gasteiger partial charge in [0, 0.05) is 19.2 Å². The zero-order valence-corrected chi connectivity index (χ0v) is 10.1. The summed E-state index contributed by atoms with van der Waals surface area (Å²) < 4.78 is 0. The summed E-state index contributed by atoms with van der Waals surface area (Å²) in [4.78, 5) is 13.9. The van der Waals surface area contributed by atoms with E-state index < -0.39 is 0 Å². The maximum absolute atomic E-state index is 12.0. The van der Waals surface area contributed by atoms with Crippen LogP contribution in [-0.4, -0.2) is 24.4 Å². The van der Waals surface area contributed by atoms with Gasteiger partial charge in [0.1, 0.15) is 0 Å². The third-order valence-corrected chi connectivity index (χ3v) is 3.18. The lowest BCUT2D eigenvalue weighted by Crippen LogP contribution is -2.28. The molecule has 1 amide bonds. The molecular formula is C14H19NO. The van der Waals surface area contributed by atoms with Gasteiger partial charge in [-0.1, -0.05) is 19.1 Å². The van der Waals surface area contributed by atoms with Crippen LogP contribution in [0.1, 0.15) is 35.7 Å². The molecule has 0 aromatic heterocycles. The van der Waals surface area contributed by atoms with Gasteiger partial charge in [0.25, 0.3) is 5.91 Å². The van der Waals surface area contributed by atoms with Gasteiger partial charge in [-0.3, -0.25) is 4.79 Å². The van der Waals surface area contributed by atoms with Crippen LogP contribution in [0.15, 0.2) is 24.3 Å². The molecule has 1 aromatic carbocycles. The smallest absolute Gasteiger partial charge is 0.253 e. The number of benzene rings is 1. The van der Waals surface area contributed by atoms with Crippen LogP contribution in [0.5, 0.6) is 0 Å². The monoisotopic (exact) mass is 217 g/mol.